The van der Waals surface area contributed by atoms with Gasteiger partial charge in [0.15, 0.2) is 0 Å². The molecule has 0 aromatic heterocycles. The Morgan fingerprint density at radius 3 is 1.18 bits per heavy atom. The smallest absolute Gasteiger partial charge is 0.305 e. The van der Waals surface area contributed by atoms with Gasteiger partial charge < -0.3 is 34.6 Å². The number of aliphatic hydroxyl groups is 4. The Bertz CT molecular complexity index is 551. The topological polar surface area (TPSA) is 143 Å². The van der Waals surface area contributed by atoms with Crippen molar-refractivity contribution in [1.82, 2.24) is 0 Å². The summed E-state index contributed by atoms with van der Waals surface area (Å²) in [5.41, 5.74) is -2.44. The highest BCUT2D eigenvalue weighted by atomic mass is 16.6. The summed E-state index contributed by atoms with van der Waals surface area (Å²) in [6.45, 7) is 1.67. The summed E-state index contributed by atoms with van der Waals surface area (Å²) in [7, 11) is 0. The highest BCUT2D eigenvalue weighted by molar-refractivity contribution is 5.69. The Morgan fingerprint density at radius 2 is 0.821 bits per heavy atom. The number of unbranched alkanes of at least 4 members (excludes halogenated alkanes) is 12. The molecule has 0 atom stereocenters. The Balaban J connectivity index is 4.82. The summed E-state index contributed by atoms with van der Waals surface area (Å²) >= 11 is 0. The zero-order valence-corrected chi connectivity index (χ0v) is 24.8. The van der Waals surface area contributed by atoms with Crippen molar-refractivity contribution < 1.29 is 44.2 Å². The molecular weight excluding hydrogens is 504 g/mol. The summed E-state index contributed by atoms with van der Waals surface area (Å²) in [6.07, 6.45) is 15.7. The minimum Gasteiger partial charge on any atom is -0.465 e. The van der Waals surface area contributed by atoms with Crippen LogP contribution < -0.4 is 0 Å². The summed E-state index contributed by atoms with van der Waals surface area (Å²) < 4.78 is 16.6. The maximum Gasteiger partial charge on any atom is 0.305 e. The fourth-order valence-corrected chi connectivity index (χ4v) is 4.10. The Kier molecular flexibility index (Phi) is 23.7. The molecule has 232 valence electrons. The van der Waals surface area contributed by atoms with Crippen LogP contribution in [0.2, 0.25) is 0 Å². The zero-order chi connectivity index (χ0) is 29.2. The lowest BCUT2D eigenvalue weighted by molar-refractivity contribution is -0.163. The van der Waals surface area contributed by atoms with Gasteiger partial charge in [-0.2, -0.15) is 0 Å². The molecule has 9 nitrogen and oxygen atoms in total. The second-order valence-electron chi connectivity index (χ2n) is 11.2. The molecule has 0 bridgehead atoms. The van der Waals surface area contributed by atoms with E-state index in [0.717, 1.165) is 51.4 Å². The predicted octanol–water partition coefficient (Wildman–Crippen LogP) is 4.31. The Hall–Kier alpha value is -1.26. The van der Waals surface area contributed by atoms with Crippen LogP contribution in [0.1, 0.15) is 117 Å². The first-order valence-electron chi connectivity index (χ1n) is 15.2. The molecule has 0 saturated heterocycles. The van der Waals surface area contributed by atoms with E-state index >= 15 is 0 Å². The van der Waals surface area contributed by atoms with Gasteiger partial charge in [-0.05, 0) is 12.8 Å². The fraction of sp³-hybridized carbons (Fsp3) is 0.933. The second kappa shape index (κ2) is 24.5. The average Bonchev–Trinajstić information content (AvgIpc) is 2.96. The van der Waals surface area contributed by atoms with Crippen LogP contribution in [0.4, 0.5) is 0 Å². The molecule has 4 N–H and O–H groups in total. The first-order chi connectivity index (χ1) is 18.9. The first-order valence-corrected chi connectivity index (χ1v) is 15.2. The zero-order valence-electron chi connectivity index (χ0n) is 24.8. The van der Waals surface area contributed by atoms with Crippen molar-refractivity contribution >= 4 is 11.9 Å². The van der Waals surface area contributed by atoms with E-state index < -0.39 is 37.3 Å². The van der Waals surface area contributed by atoms with Gasteiger partial charge in [0.05, 0.1) is 50.5 Å². The van der Waals surface area contributed by atoms with Gasteiger partial charge in [-0.25, -0.2) is 0 Å². The highest BCUT2D eigenvalue weighted by Crippen LogP contribution is 2.23. The molecule has 0 fully saturated rings. The molecule has 0 saturated carbocycles. The summed E-state index contributed by atoms with van der Waals surface area (Å²) in [4.78, 5) is 24.7. The SMILES string of the molecule is CCCCCCCCCC(=O)OCC(CO)(COCC(CO)(CO)CO)COC(=O)CCCCCCCCC. The first kappa shape index (κ1) is 37.7. The van der Waals surface area contributed by atoms with Gasteiger partial charge in [-0.15, -0.1) is 0 Å². The molecule has 0 unspecified atom stereocenters. The number of hydrogen-bond acceptors (Lipinski definition) is 9. The van der Waals surface area contributed by atoms with Crippen molar-refractivity contribution in [2.75, 3.05) is 52.9 Å². The third kappa shape index (κ3) is 18.7. The molecule has 0 aliphatic carbocycles. The van der Waals surface area contributed by atoms with Crippen LogP contribution in [0, 0.1) is 10.8 Å². The van der Waals surface area contributed by atoms with Gasteiger partial charge in [0.1, 0.15) is 13.2 Å². The molecule has 0 aliphatic heterocycles. The lowest BCUT2D eigenvalue weighted by atomic mass is 9.90. The van der Waals surface area contributed by atoms with E-state index in [1.165, 1.54) is 38.5 Å². The third-order valence-electron chi connectivity index (χ3n) is 7.21. The molecular formula is C30H58O9. The van der Waals surface area contributed by atoms with Gasteiger partial charge in [0.2, 0.25) is 0 Å². The van der Waals surface area contributed by atoms with Crippen molar-refractivity contribution in [1.29, 1.82) is 0 Å². The number of aliphatic hydroxyl groups excluding tert-OH is 4. The number of hydrogen-bond donors (Lipinski definition) is 4. The maximum absolute atomic E-state index is 12.4. The van der Waals surface area contributed by atoms with Crippen molar-refractivity contribution in [3.05, 3.63) is 0 Å². The minimum absolute atomic E-state index is 0.152. The monoisotopic (exact) mass is 562 g/mol. The van der Waals surface area contributed by atoms with Crippen LogP contribution in [0.3, 0.4) is 0 Å². The van der Waals surface area contributed by atoms with Crippen LogP contribution >= 0.6 is 0 Å². The molecule has 0 rings (SSSR count). The standard InChI is InChI=1S/C30H58O9/c1-3-5-7-9-11-13-15-17-27(35)38-25-30(22-34,24-37-23-29(19-31,20-32)21-33)26-39-28(36)18-16-14-12-10-8-6-4-2/h31-34H,3-26H2,1-2H3. The minimum atomic E-state index is -1.25. The summed E-state index contributed by atoms with van der Waals surface area (Å²) in [6, 6.07) is 0. The van der Waals surface area contributed by atoms with E-state index in [2.05, 4.69) is 13.8 Å². The molecule has 0 radical (unpaired) electrons. The quantitative estimate of drug-likeness (QED) is 0.0810. The molecule has 9 heteroatoms. The Labute approximate surface area is 236 Å². The number of carbonyl (C=O) groups excluding carboxylic acids is 2. The predicted molar refractivity (Wildman–Crippen MR) is 151 cm³/mol. The average molecular weight is 563 g/mol. The number of carbonyl (C=O) groups is 2. The van der Waals surface area contributed by atoms with Gasteiger partial charge in [0.25, 0.3) is 0 Å². The summed E-state index contributed by atoms with van der Waals surface area (Å²) in [5, 5.41) is 38.9. The lowest BCUT2D eigenvalue weighted by Gasteiger charge is -2.33. The van der Waals surface area contributed by atoms with Crippen LogP contribution in [0.15, 0.2) is 0 Å². The van der Waals surface area contributed by atoms with E-state index in [4.69, 9.17) is 14.2 Å². The van der Waals surface area contributed by atoms with Crippen molar-refractivity contribution in [2.24, 2.45) is 10.8 Å². The largest absolute Gasteiger partial charge is 0.465 e. The van der Waals surface area contributed by atoms with E-state index in [1.54, 1.807) is 0 Å². The van der Waals surface area contributed by atoms with Gasteiger partial charge in [0, 0.05) is 12.8 Å². The van der Waals surface area contributed by atoms with Crippen LogP contribution in [0.5, 0.6) is 0 Å². The van der Waals surface area contributed by atoms with E-state index in [0.29, 0.717) is 0 Å². The number of ether oxygens (including phenoxy) is 3. The van der Waals surface area contributed by atoms with Gasteiger partial charge in [-0.1, -0.05) is 90.9 Å². The fourth-order valence-electron chi connectivity index (χ4n) is 4.10. The lowest BCUT2D eigenvalue weighted by Crippen LogP contribution is -2.45. The maximum atomic E-state index is 12.4. The van der Waals surface area contributed by atoms with E-state index in [1.807, 2.05) is 0 Å². The van der Waals surface area contributed by atoms with E-state index in [9.17, 15) is 30.0 Å². The Morgan fingerprint density at radius 1 is 0.487 bits per heavy atom. The van der Waals surface area contributed by atoms with Crippen LogP contribution in [-0.2, 0) is 23.8 Å². The molecule has 39 heavy (non-hydrogen) atoms. The molecule has 0 aromatic rings. The van der Waals surface area contributed by atoms with Crippen molar-refractivity contribution in [2.45, 2.75) is 117 Å². The molecule has 0 heterocycles. The molecule has 0 spiro atoms. The van der Waals surface area contributed by atoms with Crippen molar-refractivity contribution in [3.63, 3.8) is 0 Å². The van der Waals surface area contributed by atoms with Gasteiger partial charge in [-0.3, -0.25) is 9.59 Å². The molecule has 0 aliphatic rings. The summed E-state index contributed by atoms with van der Waals surface area (Å²) in [5.74, 6) is -0.766. The van der Waals surface area contributed by atoms with Crippen LogP contribution in [0.25, 0.3) is 0 Å². The normalized spacial score (nSPS) is 12.1. The van der Waals surface area contributed by atoms with E-state index in [-0.39, 0.29) is 51.2 Å². The second-order valence-corrected chi connectivity index (χ2v) is 11.2. The van der Waals surface area contributed by atoms with Crippen molar-refractivity contribution in [3.8, 4) is 0 Å². The highest BCUT2D eigenvalue weighted by Gasteiger charge is 2.36. The van der Waals surface area contributed by atoms with Crippen LogP contribution in [-0.4, -0.2) is 85.2 Å². The molecule has 0 amide bonds. The molecule has 0 aromatic carbocycles. The number of esters is 2. The van der Waals surface area contributed by atoms with Gasteiger partial charge >= 0.3 is 11.9 Å². The third-order valence-corrected chi connectivity index (χ3v) is 7.21. The number of rotatable bonds is 28.